The summed E-state index contributed by atoms with van der Waals surface area (Å²) in [6.45, 7) is 4.62. The number of hydrogen-bond donors (Lipinski definition) is 1. The van der Waals surface area contributed by atoms with Crippen LogP contribution >= 0.6 is 0 Å². The first-order valence-electron chi connectivity index (χ1n) is 8.44. The van der Waals surface area contributed by atoms with E-state index in [9.17, 15) is 0 Å². The molecule has 0 aromatic heterocycles. The highest BCUT2D eigenvalue weighted by Crippen LogP contribution is 2.22. The minimum absolute atomic E-state index is 0.360. The Morgan fingerprint density at radius 3 is 2.62 bits per heavy atom. The molecule has 1 aromatic carbocycles. The molecule has 2 fully saturated rings. The first-order valence-corrected chi connectivity index (χ1v) is 8.44. The summed E-state index contributed by atoms with van der Waals surface area (Å²) in [5, 5.41) is 3.43. The number of nitrogens with zero attached hydrogens (tertiary/aromatic N) is 1. The van der Waals surface area contributed by atoms with Crippen LogP contribution < -0.4 is 10.1 Å². The molecule has 116 valence electrons. The van der Waals surface area contributed by atoms with Crippen LogP contribution in [0, 0.1) is 5.92 Å². The molecule has 2 aliphatic heterocycles. The molecule has 1 unspecified atom stereocenters. The Labute approximate surface area is 128 Å². The van der Waals surface area contributed by atoms with Crippen molar-refractivity contribution in [3.63, 3.8) is 0 Å². The first kappa shape index (κ1) is 14.9. The molecule has 0 amide bonds. The van der Waals surface area contributed by atoms with Crippen molar-refractivity contribution in [3.05, 3.63) is 29.8 Å². The van der Waals surface area contributed by atoms with E-state index >= 15 is 0 Å². The number of hydrogen-bond acceptors (Lipinski definition) is 3. The maximum Gasteiger partial charge on any atom is 0.119 e. The third kappa shape index (κ3) is 4.45. The van der Waals surface area contributed by atoms with Gasteiger partial charge in [-0.2, -0.15) is 0 Å². The van der Waals surface area contributed by atoms with Crippen LogP contribution in [0.25, 0.3) is 0 Å². The molecule has 1 N–H and O–H groups in total. The SMILES string of the molecule is CN1CCCC(Oc2ccc(CC3CCNCC3)cc2)C1. The Morgan fingerprint density at radius 1 is 1.14 bits per heavy atom. The highest BCUT2D eigenvalue weighted by Gasteiger charge is 2.18. The lowest BCUT2D eigenvalue weighted by atomic mass is 9.91. The largest absolute Gasteiger partial charge is 0.489 e. The maximum absolute atomic E-state index is 6.12. The summed E-state index contributed by atoms with van der Waals surface area (Å²) in [6, 6.07) is 8.82. The van der Waals surface area contributed by atoms with Gasteiger partial charge in [0.15, 0.2) is 0 Å². The van der Waals surface area contributed by atoms with Crippen LogP contribution in [0.5, 0.6) is 5.75 Å². The van der Waals surface area contributed by atoms with Gasteiger partial charge in [0, 0.05) is 6.54 Å². The third-order valence-electron chi connectivity index (χ3n) is 4.79. The summed E-state index contributed by atoms with van der Waals surface area (Å²) in [7, 11) is 2.18. The van der Waals surface area contributed by atoms with E-state index in [2.05, 4.69) is 41.5 Å². The lowest BCUT2D eigenvalue weighted by Crippen LogP contribution is -2.38. The van der Waals surface area contributed by atoms with E-state index < -0.39 is 0 Å². The van der Waals surface area contributed by atoms with Crippen molar-refractivity contribution in [2.45, 2.75) is 38.2 Å². The van der Waals surface area contributed by atoms with E-state index in [1.165, 1.54) is 57.3 Å². The Bertz CT molecular complexity index is 425. The summed E-state index contributed by atoms with van der Waals surface area (Å²) >= 11 is 0. The molecule has 3 heteroatoms. The van der Waals surface area contributed by atoms with Gasteiger partial charge in [0.25, 0.3) is 0 Å². The van der Waals surface area contributed by atoms with Crippen molar-refractivity contribution in [2.75, 3.05) is 33.2 Å². The minimum atomic E-state index is 0.360. The predicted octanol–water partition coefficient (Wildman–Crippen LogP) is 2.70. The Balaban J connectivity index is 1.51. The molecular weight excluding hydrogens is 260 g/mol. The zero-order valence-corrected chi connectivity index (χ0v) is 13.2. The highest BCUT2D eigenvalue weighted by atomic mass is 16.5. The van der Waals surface area contributed by atoms with Crippen molar-refractivity contribution in [2.24, 2.45) is 5.92 Å². The number of piperidine rings is 2. The molecule has 2 heterocycles. The third-order valence-corrected chi connectivity index (χ3v) is 4.79. The molecule has 3 nitrogen and oxygen atoms in total. The fourth-order valence-corrected chi connectivity index (χ4v) is 3.53. The van der Waals surface area contributed by atoms with Gasteiger partial charge in [0.05, 0.1) is 0 Å². The summed E-state index contributed by atoms with van der Waals surface area (Å²) in [5.41, 5.74) is 1.45. The maximum atomic E-state index is 6.12. The van der Waals surface area contributed by atoms with Gasteiger partial charge >= 0.3 is 0 Å². The van der Waals surface area contributed by atoms with Gasteiger partial charge in [-0.25, -0.2) is 0 Å². The van der Waals surface area contributed by atoms with Gasteiger partial charge in [-0.3, -0.25) is 0 Å². The highest BCUT2D eigenvalue weighted by molar-refractivity contribution is 5.28. The summed E-state index contributed by atoms with van der Waals surface area (Å²) in [4.78, 5) is 2.36. The molecule has 0 bridgehead atoms. The van der Waals surface area contributed by atoms with Gasteiger partial charge in [-0.05, 0) is 82.4 Å². The molecule has 1 atom stereocenters. The fraction of sp³-hybridized carbons (Fsp3) is 0.667. The number of benzene rings is 1. The van der Waals surface area contributed by atoms with Crippen LogP contribution in [0.15, 0.2) is 24.3 Å². The van der Waals surface area contributed by atoms with Crippen molar-refractivity contribution >= 4 is 0 Å². The monoisotopic (exact) mass is 288 g/mol. The number of nitrogens with one attached hydrogen (secondary N) is 1. The molecule has 0 saturated carbocycles. The second-order valence-electron chi connectivity index (χ2n) is 6.69. The molecule has 2 saturated heterocycles. The topological polar surface area (TPSA) is 24.5 Å². The molecule has 2 aliphatic rings. The second-order valence-corrected chi connectivity index (χ2v) is 6.69. The van der Waals surface area contributed by atoms with Crippen LogP contribution in [0.4, 0.5) is 0 Å². The van der Waals surface area contributed by atoms with Crippen LogP contribution in [0.2, 0.25) is 0 Å². The van der Waals surface area contributed by atoms with E-state index in [-0.39, 0.29) is 0 Å². The van der Waals surface area contributed by atoms with Gasteiger partial charge in [0.2, 0.25) is 0 Å². The van der Waals surface area contributed by atoms with Crippen LogP contribution in [0.1, 0.15) is 31.2 Å². The van der Waals surface area contributed by atoms with E-state index in [0.717, 1.165) is 18.2 Å². The van der Waals surface area contributed by atoms with Gasteiger partial charge in [-0.1, -0.05) is 12.1 Å². The lowest BCUT2D eigenvalue weighted by molar-refractivity contribution is 0.104. The second kappa shape index (κ2) is 7.28. The Kier molecular flexibility index (Phi) is 5.15. The zero-order valence-electron chi connectivity index (χ0n) is 13.2. The van der Waals surface area contributed by atoms with E-state index in [1.54, 1.807) is 0 Å². The van der Waals surface area contributed by atoms with E-state index in [1.807, 2.05) is 0 Å². The zero-order chi connectivity index (χ0) is 14.5. The van der Waals surface area contributed by atoms with Crippen molar-refractivity contribution < 1.29 is 4.74 Å². The van der Waals surface area contributed by atoms with Gasteiger partial charge in [-0.15, -0.1) is 0 Å². The van der Waals surface area contributed by atoms with Crippen LogP contribution in [0.3, 0.4) is 0 Å². The van der Waals surface area contributed by atoms with Gasteiger partial charge < -0.3 is 15.0 Å². The Morgan fingerprint density at radius 2 is 1.90 bits per heavy atom. The van der Waals surface area contributed by atoms with Gasteiger partial charge in [0.1, 0.15) is 11.9 Å². The van der Waals surface area contributed by atoms with Crippen LogP contribution in [-0.2, 0) is 6.42 Å². The number of likely N-dealkylation sites (tertiary alicyclic amines) is 1. The summed E-state index contributed by atoms with van der Waals surface area (Å²) in [5.74, 6) is 1.88. The van der Waals surface area contributed by atoms with Crippen LogP contribution in [-0.4, -0.2) is 44.2 Å². The van der Waals surface area contributed by atoms with E-state index in [4.69, 9.17) is 4.74 Å². The Hall–Kier alpha value is -1.06. The molecule has 0 radical (unpaired) electrons. The standard InChI is InChI=1S/C18H28N2O/c1-20-12-2-3-18(14-20)21-17-6-4-15(5-7-17)13-16-8-10-19-11-9-16/h4-7,16,18-19H,2-3,8-14H2,1H3. The molecule has 0 aliphatic carbocycles. The van der Waals surface area contributed by atoms with E-state index in [0.29, 0.717) is 6.10 Å². The molecule has 1 aromatic rings. The van der Waals surface area contributed by atoms with Crippen molar-refractivity contribution in [1.29, 1.82) is 0 Å². The first-order chi connectivity index (χ1) is 10.3. The number of rotatable bonds is 4. The summed E-state index contributed by atoms with van der Waals surface area (Å²) in [6.07, 6.45) is 6.63. The molecular formula is C18H28N2O. The average Bonchev–Trinajstić information content (AvgIpc) is 2.50. The lowest BCUT2D eigenvalue weighted by Gasteiger charge is -2.30. The molecule has 0 spiro atoms. The van der Waals surface area contributed by atoms with Crippen molar-refractivity contribution in [3.8, 4) is 5.75 Å². The average molecular weight is 288 g/mol. The molecule has 3 rings (SSSR count). The predicted molar refractivity (Wildman–Crippen MR) is 86.9 cm³/mol. The minimum Gasteiger partial charge on any atom is -0.489 e. The number of ether oxygens (including phenoxy) is 1. The quantitative estimate of drug-likeness (QED) is 0.922. The fourth-order valence-electron chi connectivity index (χ4n) is 3.53. The normalized spacial score (nSPS) is 24.9. The van der Waals surface area contributed by atoms with Crippen molar-refractivity contribution in [1.82, 2.24) is 10.2 Å². The smallest absolute Gasteiger partial charge is 0.119 e. The molecule has 21 heavy (non-hydrogen) atoms. The summed E-state index contributed by atoms with van der Waals surface area (Å²) < 4.78 is 6.12. The number of likely N-dealkylation sites (N-methyl/N-ethyl adjacent to an activating group) is 1.